The number of nitrogens with zero attached hydrogens (tertiary/aromatic N) is 5. The Morgan fingerprint density at radius 2 is 1.77 bits per heavy atom. The molecule has 0 aliphatic carbocycles. The van der Waals surface area contributed by atoms with Crippen molar-refractivity contribution in [3.8, 4) is 0 Å². The zero-order valence-corrected chi connectivity index (χ0v) is 15.7. The topological polar surface area (TPSA) is 71.3 Å². The molecule has 2 aromatic heterocycles. The fraction of sp³-hybridized carbons (Fsp3) is 0.556. The lowest BCUT2D eigenvalue weighted by molar-refractivity contribution is 0.346. The number of anilines is 1. The summed E-state index contributed by atoms with van der Waals surface area (Å²) in [6, 6.07) is 4.02. The van der Waals surface area contributed by atoms with E-state index in [1.165, 1.54) is 6.20 Å². The second-order valence-corrected chi connectivity index (χ2v) is 8.98. The molecule has 2 fully saturated rings. The number of imidazole rings is 1. The number of pyridine rings is 1. The van der Waals surface area contributed by atoms with Crippen LogP contribution in [0.3, 0.4) is 0 Å². The molecule has 0 saturated carbocycles. The summed E-state index contributed by atoms with van der Waals surface area (Å²) in [4.78, 5) is 11.1. The first kappa shape index (κ1) is 17.5. The van der Waals surface area contributed by atoms with E-state index in [2.05, 4.69) is 19.4 Å². The van der Waals surface area contributed by atoms with Crippen molar-refractivity contribution in [2.24, 2.45) is 0 Å². The molecule has 2 aliphatic heterocycles. The number of rotatable bonds is 4. The number of hydrogen-bond donors (Lipinski definition) is 0. The van der Waals surface area contributed by atoms with Crippen LogP contribution < -0.4 is 4.90 Å². The van der Waals surface area contributed by atoms with Gasteiger partial charge in [-0.2, -0.15) is 4.31 Å². The highest BCUT2D eigenvalue weighted by Gasteiger charge is 2.27. The van der Waals surface area contributed by atoms with Gasteiger partial charge in [-0.15, -0.1) is 0 Å². The van der Waals surface area contributed by atoms with Gasteiger partial charge in [-0.25, -0.2) is 18.4 Å². The molecule has 0 unspecified atom stereocenters. The molecule has 0 atom stereocenters. The molecule has 7 nitrogen and oxygen atoms in total. The van der Waals surface area contributed by atoms with E-state index in [0.717, 1.165) is 51.0 Å². The normalized spacial score (nSPS) is 20.4. The van der Waals surface area contributed by atoms with E-state index in [0.29, 0.717) is 24.0 Å². The van der Waals surface area contributed by atoms with Crippen molar-refractivity contribution in [1.82, 2.24) is 18.8 Å². The number of hydrogen-bond acceptors (Lipinski definition) is 5. The number of piperidine rings is 2. The molecule has 0 radical (unpaired) electrons. The highest BCUT2D eigenvalue weighted by atomic mass is 32.2. The van der Waals surface area contributed by atoms with Gasteiger partial charge in [0.1, 0.15) is 10.7 Å². The smallest absolute Gasteiger partial charge is 0.244 e. The highest BCUT2D eigenvalue weighted by Crippen LogP contribution is 2.26. The highest BCUT2D eigenvalue weighted by molar-refractivity contribution is 7.89. The van der Waals surface area contributed by atoms with E-state index < -0.39 is 10.0 Å². The molecular weight excluding hydrogens is 350 g/mol. The Hall–Kier alpha value is -1.93. The van der Waals surface area contributed by atoms with Crippen molar-refractivity contribution in [2.45, 2.75) is 43.0 Å². The third-order valence-corrected chi connectivity index (χ3v) is 7.29. The van der Waals surface area contributed by atoms with Crippen molar-refractivity contribution >= 4 is 15.8 Å². The maximum atomic E-state index is 12.7. The third-order valence-electron chi connectivity index (χ3n) is 5.41. The summed E-state index contributed by atoms with van der Waals surface area (Å²) < 4.78 is 29.2. The Balaban J connectivity index is 1.42. The summed E-state index contributed by atoms with van der Waals surface area (Å²) in [5.41, 5.74) is 0. The summed E-state index contributed by atoms with van der Waals surface area (Å²) in [7, 11) is -3.41. The first-order valence-corrected chi connectivity index (χ1v) is 10.8. The van der Waals surface area contributed by atoms with E-state index >= 15 is 0 Å². The van der Waals surface area contributed by atoms with Gasteiger partial charge in [0, 0.05) is 50.8 Å². The predicted molar refractivity (Wildman–Crippen MR) is 99.6 cm³/mol. The van der Waals surface area contributed by atoms with Gasteiger partial charge < -0.3 is 9.47 Å². The molecular formula is C18H25N5O2S. The fourth-order valence-corrected chi connectivity index (χ4v) is 5.31. The van der Waals surface area contributed by atoms with Crippen molar-refractivity contribution in [3.05, 3.63) is 37.1 Å². The Labute approximate surface area is 154 Å². The molecule has 2 aromatic rings. The molecule has 0 amide bonds. The average Bonchev–Trinajstić information content (AvgIpc) is 3.24. The summed E-state index contributed by atoms with van der Waals surface area (Å²) in [5.74, 6) is 0.853. The molecule has 0 N–H and O–H groups in total. The van der Waals surface area contributed by atoms with Crippen molar-refractivity contribution < 1.29 is 8.42 Å². The van der Waals surface area contributed by atoms with E-state index in [-0.39, 0.29) is 0 Å². The second kappa shape index (κ2) is 7.36. The van der Waals surface area contributed by atoms with Crippen LogP contribution in [0.25, 0.3) is 0 Å². The van der Waals surface area contributed by atoms with Crippen LogP contribution in [0.1, 0.15) is 38.1 Å². The molecule has 2 aliphatic rings. The first-order valence-electron chi connectivity index (χ1n) is 9.33. The van der Waals surface area contributed by atoms with Crippen molar-refractivity contribution in [2.75, 3.05) is 31.1 Å². The van der Waals surface area contributed by atoms with Crippen LogP contribution in [-0.2, 0) is 10.0 Å². The fourth-order valence-electron chi connectivity index (χ4n) is 3.84. The van der Waals surface area contributed by atoms with Crippen LogP contribution in [0.5, 0.6) is 0 Å². The zero-order valence-electron chi connectivity index (χ0n) is 14.9. The van der Waals surface area contributed by atoms with E-state index in [1.807, 2.05) is 24.8 Å². The summed E-state index contributed by atoms with van der Waals surface area (Å²) in [5, 5.41) is 0. The van der Waals surface area contributed by atoms with Crippen molar-refractivity contribution in [1.29, 1.82) is 0 Å². The molecule has 2 saturated heterocycles. The SMILES string of the molecule is O=S(=O)(c1ccc(N2CCC(n3ccnc3)CC2)nc1)N1CCCCC1. The van der Waals surface area contributed by atoms with Gasteiger partial charge in [-0.3, -0.25) is 0 Å². The molecule has 0 aromatic carbocycles. The largest absolute Gasteiger partial charge is 0.356 e. The van der Waals surface area contributed by atoms with Gasteiger partial charge in [0.05, 0.1) is 6.33 Å². The Morgan fingerprint density at radius 3 is 2.38 bits per heavy atom. The first-order chi connectivity index (χ1) is 12.6. The zero-order chi connectivity index (χ0) is 18.0. The lowest BCUT2D eigenvalue weighted by Gasteiger charge is -2.33. The molecule has 4 rings (SSSR count). The maximum absolute atomic E-state index is 12.7. The summed E-state index contributed by atoms with van der Waals surface area (Å²) >= 11 is 0. The minimum atomic E-state index is -3.41. The molecule has 0 bridgehead atoms. The molecule has 26 heavy (non-hydrogen) atoms. The van der Waals surface area contributed by atoms with E-state index in [9.17, 15) is 8.42 Å². The van der Waals surface area contributed by atoms with Crippen LogP contribution in [-0.4, -0.2) is 53.4 Å². The van der Waals surface area contributed by atoms with Crippen molar-refractivity contribution in [3.63, 3.8) is 0 Å². The minimum absolute atomic E-state index is 0.302. The quantitative estimate of drug-likeness (QED) is 0.820. The maximum Gasteiger partial charge on any atom is 0.244 e. The van der Waals surface area contributed by atoms with Gasteiger partial charge >= 0.3 is 0 Å². The Morgan fingerprint density at radius 1 is 1.00 bits per heavy atom. The van der Waals surface area contributed by atoms with Crippen LogP contribution >= 0.6 is 0 Å². The van der Waals surface area contributed by atoms with Crippen LogP contribution in [0.2, 0.25) is 0 Å². The molecule has 8 heteroatoms. The minimum Gasteiger partial charge on any atom is -0.356 e. The monoisotopic (exact) mass is 375 g/mol. The van der Waals surface area contributed by atoms with Crippen LogP contribution in [0.4, 0.5) is 5.82 Å². The Kier molecular flexibility index (Phi) is 4.95. The van der Waals surface area contributed by atoms with Crippen LogP contribution in [0, 0.1) is 0 Å². The lowest BCUT2D eigenvalue weighted by Crippen LogP contribution is -2.36. The Bertz CT molecular complexity index is 806. The standard InChI is InChI=1S/C18H25N5O2S/c24-26(25,23-9-2-1-3-10-23)17-4-5-18(20-14-17)21-11-6-16(7-12-21)22-13-8-19-15-22/h4-5,8,13-16H,1-3,6-7,9-12H2. The average molecular weight is 375 g/mol. The van der Waals surface area contributed by atoms with Gasteiger partial charge in [0.2, 0.25) is 10.0 Å². The van der Waals surface area contributed by atoms with E-state index in [4.69, 9.17) is 0 Å². The molecule has 4 heterocycles. The molecule has 0 spiro atoms. The summed E-state index contributed by atoms with van der Waals surface area (Å²) in [6.07, 6.45) is 12.3. The van der Waals surface area contributed by atoms with Crippen LogP contribution in [0.15, 0.2) is 41.9 Å². The van der Waals surface area contributed by atoms with Gasteiger partial charge in [-0.05, 0) is 37.8 Å². The number of sulfonamides is 1. The third kappa shape index (κ3) is 3.48. The second-order valence-electron chi connectivity index (χ2n) is 7.04. The number of aromatic nitrogens is 3. The van der Waals surface area contributed by atoms with Gasteiger partial charge in [-0.1, -0.05) is 6.42 Å². The molecule has 140 valence electrons. The van der Waals surface area contributed by atoms with E-state index in [1.54, 1.807) is 10.4 Å². The summed E-state index contributed by atoms with van der Waals surface area (Å²) in [6.45, 7) is 3.06. The van der Waals surface area contributed by atoms with Gasteiger partial charge in [0.25, 0.3) is 0 Å². The predicted octanol–water partition coefficient (Wildman–Crippen LogP) is 2.29. The lowest BCUT2D eigenvalue weighted by atomic mass is 10.1. The van der Waals surface area contributed by atoms with Gasteiger partial charge in [0.15, 0.2) is 0 Å².